The third-order valence-corrected chi connectivity index (χ3v) is 9.33. The Morgan fingerprint density at radius 3 is 2.46 bits per heavy atom. The summed E-state index contributed by atoms with van der Waals surface area (Å²) in [5.74, 6) is 0. The molecule has 1 saturated heterocycles. The fourth-order valence-corrected chi connectivity index (χ4v) is 7.26. The van der Waals surface area contributed by atoms with E-state index in [0.29, 0.717) is 4.21 Å². The van der Waals surface area contributed by atoms with Crippen LogP contribution < -0.4 is 4.90 Å². The Labute approximate surface area is 165 Å². The minimum absolute atomic E-state index is 0.265. The first-order chi connectivity index (χ1) is 12.4. The number of sulfonamides is 1. The van der Waals surface area contributed by atoms with E-state index < -0.39 is 10.0 Å². The van der Waals surface area contributed by atoms with Crippen LogP contribution in [0.4, 0.5) is 5.69 Å². The molecule has 0 radical (unpaired) electrons. The molecule has 4 nitrogen and oxygen atoms in total. The number of thiophene rings is 1. The van der Waals surface area contributed by atoms with Crippen LogP contribution in [-0.2, 0) is 10.0 Å². The number of hydrogen-bond donors (Lipinski definition) is 0. The lowest BCUT2D eigenvalue weighted by molar-refractivity contribution is 0.523. The fraction of sp³-hybridized carbons (Fsp3) is 0.474. The molecule has 0 saturated carbocycles. The van der Waals surface area contributed by atoms with Gasteiger partial charge in [0.1, 0.15) is 4.21 Å². The third-order valence-electron chi connectivity index (χ3n) is 4.66. The van der Waals surface area contributed by atoms with Crippen molar-refractivity contribution < 1.29 is 8.42 Å². The van der Waals surface area contributed by atoms with Crippen molar-refractivity contribution in [1.29, 1.82) is 0 Å². The van der Waals surface area contributed by atoms with Gasteiger partial charge in [0, 0.05) is 38.1 Å². The first-order valence-corrected chi connectivity index (χ1v) is 12.1. The molecule has 0 bridgehead atoms. The number of thioether (sulfide) groups is 1. The van der Waals surface area contributed by atoms with E-state index in [1.54, 1.807) is 31.9 Å². The van der Waals surface area contributed by atoms with Gasteiger partial charge in [-0.25, -0.2) is 12.7 Å². The zero-order chi connectivity index (χ0) is 18.7. The van der Waals surface area contributed by atoms with Gasteiger partial charge in [-0.05, 0) is 49.9 Å². The van der Waals surface area contributed by atoms with Crippen LogP contribution in [0.25, 0.3) is 0 Å². The molecule has 0 N–H and O–H groups in total. The molecular weight excluding hydrogens is 384 g/mol. The number of nitrogens with zero attached hydrogens (tertiary/aromatic N) is 2. The largest absolute Gasteiger partial charge is 0.371 e. The summed E-state index contributed by atoms with van der Waals surface area (Å²) in [6.45, 7) is 4.45. The van der Waals surface area contributed by atoms with Gasteiger partial charge in [0.2, 0.25) is 0 Å². The Morgan fingerprint density at radius 2 is 1.77 bits per heavy atom. The van der Waals surface area contributed by atoms with Crippen LogP contribution in [0.3, 0.4) is 0 Å². The molecule has 7 heteroatoms. The molecule has 1 atom stereocenters. The van der Waals surface area contributed by atoms with Gasteiger partial charge in [0.25, 0.3) is 10.0 Å². The van der Waals surface area contributed by atoms with Crippen LogP contribution in [0, 0.1) is 0 Å². The second kappa shape index (κ2) is 8.33. The van der Waals surface area contributed by atoms with E-state index in [4.69, 9.17) is 0 Å². The SMILES string of the molecule is CC(Sc1ccc(S(=O)(=O)N(C)C)s1)c1ccccc1N1CCCCC1. The summed E-state index contributed by atoms with van der Waals surface area (Å²) in [6, 6.07) is 12.3. The normalized spacial score (nSPS) is 16.8. The van der Waals surface area contributed by atoms with E-state index in [0.717, 1.165) is 17.3 Å². The quantitative estimate of drug-likeness (QED) is 0.639. The monoisotopic (exact) mass is 410 g/mol. The van der Waals surface area contributed by atoms with E-state index in [1.165, 1.54) is 46.2 Å². The van der Waals surface area contributed by atoms with Gasteiger partial charge < -0.3 is 4.90 Å². The van der Waals surface area contributed by atoms with Crippen molar-refractivity contribution in [2.75, 3.05) is 32.1 Å². The Morgan fingerprint density at radius 1 is 1.08 bits per heavy atom. The second-order valence-corrected chi connectivity index (χ2v) is 11.8. The molecule has 26 heavy (non-hydrogen) atoms. The Hall–Kier alpha value is -1.02. The van der Waals surface area contributed by atoms with Crippen LogP contribution in [-0.4, -0.2) is 39.9 Å². The van der Waals surface area contributed by atoms with Gasteiger partial charge in [0.15, 0.2) is 0 Å². The van der Waals surface area contributed by atoms with Gasteiger partial charge in [-0.15, -0.1) is 23.1 Å². The first kappa shape index (κ1) is 19.7. The number of anilines is 1. The molecule has 1 aromatic heterocycles. The molecule has 0 amide bonds. The Balaban J connectivity index is 1.79. The number of para-hydroxylation sites is 1. The summed E-state index contributed by atoms with van der Waals surface area (Å²) in [6.07, 6.45) is 3.83. The smallest absolute Gasteiger partial charge is 0.252 e. The highest BCUT2D eigenvalue weighted by Gasteiger charge is 2.22. The van der Waals surface area contributed by atoms with E-state index in [1.807, 2.05) is 6.07 Å². The molecule has 1 unspecified atom stereocenters. The molecule has 1 fully saturated rings. The summed E-state index contributed by atoms with van der Waals surface area (Å²) in [5.41, 5.74) is 2.65. The number of benzene rings is 1. The summed E-state index contributed by atoms with van der Waals surface area (Å²) < 4.78 is 27.3. The lowest BCUT2D eigenvalue weighted by Gasteiger charge is -2.31. The van der Waals surface area contributed by atoms with Gasteiger partial charge in [-0.2, -0.15) is 0 Å². The van der Waals surface area contributed by atoms with Gasteiger partial charge in [-0.1, -0.05) is 18.2 Å². The van der Waals surface area contributed by atoms with Gasteiger partial charge in [-0.3, -0.25) is 0 Å². The Kier molecular flexibility index (Phi) is 6.33. The predicted molar refractivity (Wildman–Crippen MR) is 112 cm³/mol. The van der Waals surface area contributed by atoms with Crippen LogP contribution in [0.1, 0.15) is 37.0 Å². The average molecular weight is 411 g/mol. The lowest BCUT2D eigenvalue weighted by atomic mass is 10.1. The zero-order valence-electron chi connectivity index (χ0n) is 15.5. The van der Waals surface area contributed by atoms with Crippen LogP contribution in [0.15, 0.2) is 44.8 Å². The minimum Gasteiger partial charge on any atom is -0.371 e. The van der Waals surface area contributed by atoms with E-state index in [2.05, 4.69) is 36.1 Å². The molecule has 142 valence electrons. The maximum Gasteiger partial charge on any atom is 0.252 e. The maximum atomic E-state index is 12.3. The summed E-state index contributed by atoms with van der Waals surface area (Å²) in [5, 5.41) is 0.265. The topological polar surface area (TPSA) is 40.6 Å². The molecule has 2 heterocycles. The van der Waals surface area contributed by atoms with Gasteiger partial charge in [0.05, 0.1) is 4.21 Å². The molecule has 1 aliphatic rings. The van der Waals surface area contributed by atoms with Crippen LogP contribution in [0.2, 0.25) is 0 Å². The second-order valence-electron chi connectivity index (χ2n) is 6.73. The van der Waals surface area contributed by atoms with Crippen molar-refractivity contribution in [1.82, 2.24) is 4.31 Å². The molecular formula is C19H26N2O2S3. The molecule has 1 aromatic carbocycles. The van der Waals surface area contributed by atoms with E-state index in [-0.39, 0.29) is 5.25 Å². The number of piperidine rings is 1. The number of rotatable bonds is 6. The molecule has 1 aliphatic heterocycles. The lowest BCUT2D eigenvalue weighted by Crippen LogP contribution is -2.30. The highest BCUT2D eigenvalue weighted by molar-refractivity contribution is 8.01. The van der Waals surface area contributed by atoms with Crippen molar-refractivity contribution in [3.8, 4) is 0 Å². The molecule has 0 aliphatic carbocycles. The molecule has 0 spiro atoms. The fourth-order valence-electron chi connectivity index (χ4n) is 3.18. The predicted octanol–water partition coefficient (Wildman–Crippen LogP) is 4.84. The summed E-state index contributed by atoms with van der Waals surface area (Å²) >= 11 is 3.08. The average Bonchev–Trinajstić information content (AvgIpc) is 3.11. The van der Waals surface area contributed by atoms with Crippen LogP contribution in [0.5, 0.6) is 0 Å². The Bertz CT molecular complexity index is 840. The van der Waals surface area contributed by atoms with Crippen molar-refractivity contribution in [2.45, 2.75) is 39.9 Å². The standard InChI is InChI=1S/C19H26N2O2S3/c1-15(24-18-11-12-19(25-18)26(22,23)20(2)3)16-9-5-6-10-17(16)21-13-7-4-8-14-21/h5-6,9-12,15H,4,7-8,13-14H2,1-3H3. The van der Waals surface area contributed by atoms with Crippen molar-refractivity contribution in [3.05, 3.63) is 42.0 Å². The van der Waals surface area contributed by atoms with E-state index >= 15 is 0 Å². The van der Waals surface area contributed by atoms with Crippen LogP contribution >= 0.6 is 23.1 Å². The maximum absolute atomic E-state index is 12.3. The highest BCUT2D eigenvalue weighted by Crippen LogP contribution is 2.43. The minimum atomic E-state index is -3.35. The van der Waals surface area contributed by atoms with E-state index in [9.17, 15) is 8.42 Å². The first-order valence-electron chi connectivity index (χ1n) is 8.92. The van der Waals surface area contributed by atoms with Gasteiger partial charge >= 0.3 is 0 Å². The summed E-state index contributed by atoms with van der Waals surface area (Å²) in [4.78, 5) is 2.49. The summed E-state index contributed by atoms with van der Waals surface area (Å²) in [7, 11) is -0.214. The van der Waals surface area contributed by atoms with Crippen molar-refractivity contribution in [3.63, 3.8) is 0 Å². The van der Waals surface area contributed by atoms with Crippen molar-refractivity contribution >= 4 is 38.8 Å². The zero-order valence-corrected chi connectivity index (χ0v) is 18.0. The highest BCUT2D eigenvalue weighted by atomic mass is 32.3. The molecule has 2 aromatic rings. The molecule has 3 rings (SSSR count). The number of hydrogen-bond acceptors (Lipinski definition) is 5. The van der Waals surface area contributed by atoms with Crippen molar-refractivity contribution in [2.24, 2.45) is 0 Å². The third kappa shape index (κ3) is 4.27.